The number of thioether (sulfide) groups is 1. The predicted molar refractivity (Wildman–Crippen MR) is 78.4 cm³/mol. The van der Waals surface area contributed by atoms with Gasteiger partial charge in [-0.3, -0.25) is 4.79 Å². The summed E-state index contributed by atoms with van der Waals surface area (Å²) in [5.74, 6) is 1.22. The van der Waals surface area contributed by atoms with Crippen molar-refractivity contribution in [3.8, 4) is 0 Å². The van der Waals surface area contributed by atoms with Gasteiger partial charge in [-0.05, 0) is 36.8 Å². The summed E-state index contributed by atoms with van der Waals surface area (Å²) in [6.07, 6.45) is 2.55. The van der Waals surface area contributed by atoms with Gasteiger partial charge in [0.05, 0.1) is 6.54 Å². The standard InChI is InChI=1S/C13H17ClN2OS/c14-10-3-1-4-11(7-10)16-13(17)9-15-8-12-5-2-6-18-12/h1,3-4,7,12,15H,2,5-6,8-9H2,(H,16,17). The summed E-state index contributed by atoms with van der Waals surface area (Å²) in [4.78, 5) is 11.7. The molecule has 2 rings (SSSR count). The molecule has 2 N–H and O–H groups in total. The van der Waals surface area contributed by atoms with Gasteiger partial charge in [-0.2, -0.15) is 11.8 Å². The molecule has 0 bridgehead atoms. The van der Waals surface area contributed by atoms with E-state index in [1.165, 1.54) is 18.6 Å². The molecule has 3 nitrogen and oxygen atoms in total. The molecule has 1 aliphatic heterocycles. The second-order valence-corrected chi connectivity index (χ2v) is 6.17. The molecule has 5 heteroatoms. The van der Waals surface area contributed by atoms with Crippen molar-refractivity contribution in [3.05, 3.63) is 29.3 Å². The Morgan fingerprint density at radius 2 is 2.39 bits per heavy atom. The first-order chi connectivity index (χ1) is 8.74. The molecular weight excluding hydrogens is 268 g/mol. The third-order valence-corrected chi connectivity index (χ3v) is 4.42. The van der Waals surface area contributed by atoms with Crippen LogP contribution in [0.5, 0.6) is 0 Å². The lowest BCUT2D eigenvalue weighted by molar-refractivity contribution is -0.115. The molecule has 0 saturated carbocycles. The molecule has 1 aliphatic rings. The number of hydrogen-bond donors (Lipinski definition) is 2. The molecule has 1 saturated heterocycles. The molecule has 18 heavy (non-hydrogen) atoms. The Morgan fingerprint density at radius 1 is 1.50 bits per heavy atom. The largest absolute Gasteiger partial charge is 0.325 e. The summed E-state index contributed by atoms with van der Waals surface area (Å²) in [5, 5.41) is 7.31. The summed E-state index contributed by atoms with van der Waals surface area (Å²) in [6, 6.07) is 7.18. The maximum atomic E-state index is 11.7. The second kappa shape index (κ2) is 7.02. The van der Waals surface area contributed by atoms with E-state index in [1.54, 1.807) is 12.1 Å². The summed E-state index contributed by atoms with van der Waals surface area (Å²) >= 11 is 7.84. The van der Waals surface area contributed by atoms with Crippen molar-refractivity contribution in [2.24, 2.45) is 0 Å². The topological polar surface area (TPSA) is 41.1 Å². The van der Waals surface area contributed by atoms with E-state index in [-0.39, 0.29) is 5.91 Å². The van der Waals surface area contributed by atoms with E-state index >= 15 is 0 Å². The predicted octanol–water partition coefficient (Wildman–Crippen LogP) is 2.76. The normalized spacial score (nSPS) is 18.8. The van der Waals surface area contributed by atoms with Gasteiger partial charge in [-0.1, -0.05) is 17.7 Å². The van der Waals surface area contributed by atoms with Crippen LogP contribution in [0.1, 0.15) is 12.8 Å². The van der Waals surface area contributed by atoms with Crippen LogP contribution in [0.3, 0.4) is 0 Å². The van der Waals surface area contributed by atoms with Crippen LogP contribution >= 0.6 is 23.4 Å². The lowest BCUT2D eigenvalue weighted by Crippen LogP contribution is -2.32. The van der Waals surface area contributed by atoms with Crippen LogP contribution in [-0.2, 0) is 4.79 Å². The second-order valence-electron chi connectivity index (χ2n) is 4.32. The van der Waals surface area contributed by atoms with Crippen LogP contribution in [-0.4, -0.2) is 30.0 Å². The molecule has 0 spiro atoms. The molecule has 0 radical (unpaired) electrons. The summed E-state index contributed by atoms with van der Waals surface area (Å²) < 4.78 is 0. The fourth-order valence-corrected chi connectivity index (χ4v) is 3.35. The van der Waals surface area contributed by atoms with Gasteiger partial charge in [0.15, 0.2) is 0 Å². The maximum Gasteiger partial charge on any atom is 0.238 e. The van der Waals surface area contributed by atoms with Crippen LogP contribution in [0, 0.1) is 0 Å². The Kier molecular flexibility index (Phi) is 5.35. The quantitative estimate of drug-likeness (QED) is 0.874. The summed E-state index contributed by atoms with van der Waals surface area (Å²) in [6.45, 7) is 1.26. The molecule has 1 unspecified atom stereocenters. The number of rotatable bonds is 5. The van der Waals surface area contributed by atoms with E-state index in [1.807, 2.05) is 23.9 Å². The minimum absolute atomic E-state index is 0.0275. The van der Waals surface area contributed by atoms with Gasteiger partial charge in [0.1, 0.15) is 0 Å². The number of carbonyl (C=O) groups is 1. The monoisotopic (exact) mass is 284 g/mol. The van der Waals surface area contributed by atoms with Gasteiger partial charge >= 0.3 is 0 Å². The van der Waals surface area contributed by atoms with Gasteiger partial charge in [0.25, 0.3) is 0 Å². The first kappa shape index (κ1) is 13.7. The first-order valence-electron chi connectivity index (χ1n) is 6.12. The zero-order valence-electron chi connectivity index (χ0n) is 10.1. The molecule has 1 atom stereocenters. The molecule has 0 aromatic heterocycles. The Balaban J connectivity index is 1.68. The van der Waals surface area contributed by atoms with Gasteiger partial charge in [-0.15, -0.1) is 0 Å². The van der Waals surface area contributed by atoms with E-state index in [2.05, 4.69) is 10.6 Å². The minimum atomic E-state index is -0.0275. The van der Waals surface area contributed by atoms with E-state index in [4.69, 9.17) is 11.6 Å². The Bertz CT molecular complexity index is 408. The van der Waals surface area contributed by atoms with E-state index in [9.17, 15) is 4.79 Å². The SMILES string of the molecule is O=C(CNCC1CCCS1)Nc1cccc(Cl)c1. The highest BCUT2D eigenvalue weighted by Crippen LogP contribution is 2.25. The van der Waals surface area contributed by atoms with Gasteiger partial charge in [0.2, 0.25) is 5.91 Å². The van der Waals surface area contributed by atoms with Crippen molar-refractivity contribution in [2.75, 3.05) is 24.2 Å². The van der Waals surface area contributed by atoms with Crippen LogP contribution in [0.4, 0.5) is 5.69 Å². The third-order valence-electron chi connectivity index (χ3n) is 2.79. The molecule has 1 aromatic carbocycles. The highest BCUT2D eigenvalue weighted by molar-refractivity contribution is 8.00. The average Bonchev–Trinajstić information content (AvgIpc) is 2.82. The Labute approximate surface area is 117 Å². The van der Waals surface area contributed by atoms with Crippen molar-refractivity contribution in [2.45, 2.75) is 18.1 Å². The summed E-state index contributed by atoms with van der Waals surface area (Å²) in [7, 11) is 0. The Hall–Kier alpha value is -0.710. The molecule has 1 aromatic rings. The van der Waals surface area contributed by atoms with Crippen LogP contribution in [0.15, 0.2) is 24.3 Å². The highest BCUT2D eigenvalue weighted by atomic mass is 35.5. The van der Waals surface area contributed by atoms with Crippen molar-refractivity contribution in [1.82, 2.24) is 5.32 Å². The zero-order chi connectivity index (χ0) is 12.8. The van der Waals surface area contributed by atoms with Crippen LogP contribution in [0.2, 0.25) is 5.02 Å². The summed E-state index contributed by atoms with van der Waals surface area (Å²) in [5.41, 5.74) is 0.740. The van der Waals surface area contributed by atoms with Crippen molar-refractivity contribution in [1.29, 1.82) is 0 Å². The lowest BCUT2D eigenvalue weighted by atomic mass is 10.2. The number of hydrogen-bond acceptors (Lipinski definition) is 3. The first-order valence-corrected chi connectivity index (χ1v) is 7.54. The van der Waals surface area contributed by atoms with Gasteiger partial charge < -0.3 is 10.6 Å². The van der Waals surface area contributed by atoms with Crippen LogP contribution < -0.4 is 10.6 Å². The number of anilines is 1. The molecule has 1 heterocycles. The lowest BCUT2D eigenvalue weighted by Gasteiger charge is -2.10. The van der Waals surface area contributed by atoms with Crippen molar-refractivity contribution >= 4 is 35.0 Å². The smallest absolute Gasteiger partial charge is 0.238 e. The maximum absolute atomic E-state index is 11.7. The average molecular weight is 285 g/mol. The molecule has 1 fully saturated rings. The number of nitrogens with one attached hydrogen (secondary N) is 2. The van der Waals surface area contributed by atoms with E-state index in [0.717, 1.165) is 12.2 Å². The van der Waals surface area contributed by atoms with E-state index in [0.29, 0.717) is 16.8 Å². The number of benzene rings is 1. The molecule has 1 amide bonds. The fourth-order valence-electron chi connectivity index (χ4n) is 1.92. The third kappa shape index (κ3) is 4.52. The van der Waals surface area contributed by atoms with Gasteiger partial charge in [0, 0.05) is 22.5 Å². The van der Waals surface area contributed by atoms with Crippen molar-refractivity contribution < 1.29 is 4.79 Å². The molecule has 0 aliphatic carbocycles. The zero-order valence-corrected chi connectivity index (χ0v) is 11.7. The van der Waals surface area contributed by atoms with E-state index < -0.39 is 0 Å². The van der Waals surface area contributed by atoms with Crippen molar-refractivity contribution in [3.63, 3.8) is 0 Å². The number of carbonyl (C=O) groups excluding carboxylic acids is 1. The molecule has 98 valence electrons. The van der Waals surface area contributed by atoms with Gasteiger partial charge in [-0.25, -0.2) is 0 Å². The number of amides is 1. The Morgan fingerprint density at radius 3 is 3.11 bits per heavy atom. The number of halogens is 1. The minimum Gasteiger partial charge on any atom is -0.325 e. The fraction of sp³-hybridized carbons (Fsp3) is 0.462. The highest BCUT2D eigenvalue weighted by Gasteiger charge is 2.15. The van der Waals surface area contributed by atoms with Crippen LogP contribution in [0.25, 0.3) is 0 Å². The molecular formula is C13H17ClN2OS.